The number of carbonyl (C=O) groups is 1. The third-order valence-corrected chi connectivity index (χ3v) is 3.61. The first kappa shape index (κ1) is 13.9. The van der Waals surface area contributed by atoms with E-state index in [9.17, 15) is 9.90 Å². The van der Waals surface area contributed by atoms with Crippen molar-refractivity contribution in [1.29, 1.82) is 0 Å². The van der Waals surface area contributed by atoms with E-state index in [1.54, 1.807) is 30.3 Å². The molecule has 4 heteroatoms. The molecule has 0 aliphatic rings. The summed E-state index contributed by atoms with van der Waals surface area (Å²) in [5.74, 6) is -0.771. The van der Waals surface area contributed by atoms with Gasteiger partial charge in [-0.1, -0.05) is 18.2 Å². The summed E-state index contributed by atoms with van der Waals surface area (Å²) < 4.78 is 1.93. The lowest BCUT2D eigenvalue weighted by Gasteiger charge is -2.13. The van der Waals surface area contributed by atoms with Crippen LogP contribution in [0.3, 0.4) is 0 Å². The molecule has 0 aliphatic carbocycles. The SMILES string of the molecule is Cc1ccc(-c2ccccc2O)n1-c1cccc(C(=O)O)c1. The Morgan fingerprint density at radius 3 is 2.50 bits per heavy atom. The molecule has 0 unspecified atom stereocenters. The second-order valence-electron chi connectivity index (χ2n) is 5.07. The maximum absolute atomic E-state index is 11.2. The molecule has 3 aromatic rings. The summed E-state index contributed by atoms with van der Waals surface area (Å²) in [5.41, 5.74) is 3.46. The van der Waals surface area contributed by atoms with Gasteiger partial charge in [-0.15, -0.1) is 0 Å². The van der Waals surface area contributed by atoms with Crippen molar-refractivity contribution in [2.45, 2.75) is 6.92 Å². The normalized spacial score (nSPS) is 10.6. The second kappa shape index (κ2) is 5.41. The first-order valence-corrected chi connectivity index (χ1v) is 6.88. The van der Waals surface area contributed by atoms with Crippen molar-refractivity contribution in [1.82, 2.24) is 4.57 Å². The van der Waals surface area contributed by atoms with Crippen LogP contribution in [-0.4, -0.2) is 20.7 Å². The number of rotatable bonds is 3. The number of hydrogen-bond donors (Lipinski definition) is 2. The number of phenols is 1. The highest BCUT2D eigenvalue weighted by molar-refractivity contribution is 5.88. The number of aromatic hydroxyl groups is 1. The van der Waals surface area contributed by atoms with Crippen LogP contribution in [-0.2, 0) is 0 Å². The standard InChI is InChI=1S/C18H15NO3/c1-12-9-10-16(15-7-2-3-8-17(15)20)19(12)14-6-4-5-13(11-14)18(21)22/h2-11,20H,1H3,(H,21,22). The zero-order valence-corrected chi connectivity index (χ0v) is 12.0. The number of aryl methyl sites for hydroxylation is 1. The summed E-state index contributed by atoms with van der Waals surface area (Å²) in [6.07, 6.45) is 0. The molecule has 2 aromatic carbocycles. The molecule has 0 atom stereocenters. The highest BCUT2D eigenvalue weighted by Gasteiger charge is 2.13. The quantitative estimate of drug-likeness (QED) is 0.771. The van der Waals surface area contributed by atoms with Crippen molar-refractivity contribution in [3.8, 4) is 22.7 Å². The lowest BCUT2D eigenvalue weighted by atomic mass is 10.1. The second-order valence-corrected chi connectivity index (χ2v) is 5.07. The van der Waals surface area contributed by atoms with E-state index >= 15 is 0 Å². The molecular formula is C18H15NO3. The third-order valence-electron chi connectivity index (χ3n) is 3.61. The molecule has 3 rings (SSSR count). The topological polar surface area (TPSA) is 62.5 Å². The first-order valence-electron chi connectivity index (χ1n) is 6.88. The Morgan fingerprint density at radius 1 is 1.00 bits per heavy atom. The van der Waals surface area contributed by atoms with Gasteiger partial charge in [-0.25, -0.2) is 4.79 Å². The van der Waals surface area contributed by atoms with Crippen molar-refractivity contribution in [3.05, 3.63) is 71.9 Å². The van der Waals surface area contributed by atoms with Gasteiger partial charge >= 0.3 is 5.97 Å². The molecule has 110 valence electrons. The third kappa shape index (κ3) is 2.35. The molecule has 0 spiro atoms. The molecule has 1 aromatic heterocycles. The predicted molar refractivity (Wildman–Crippen MR) is 84.6 cm³/mol. The fraction of sp³-hybridized carbons (Fsp3) is 0.0556. The summed E-state index contributed by atoms with van der Waals surface area (Å²) in [4.78, 5) is 11.2. The van der Waals surface area contributed by atoms with Gasteiger partial charge in [0.05, 0.1) is 11.3 Å². The Bertz CT molecular complexity index is 849. The van der Waals surface area contributed by atoms with Crippen molar-refractivity contribution < 1.29 is 15.0 Å². The van der Waals surface area contributed by atoms with Crippen molar-refractivity contribution in [3.63, 3.8) is 0 Å². The zero-order chi connectivity index (χ0) is 15.7. The average Bonchev–Trinajstić information content (AvgIpc) is 2.89. The zero-order valence-electron chi connectivity index (χ0n) is 12.0. The summed E-state index contributed by atoms with van der Waals surface area (Å²) >= 11 is 0. The molecule has 0 aliphatic heterocycles. The molecule has 0 bridgehead atoms. The Morgan fingerprint density at radius 2 is 1.77 bits per heavy atom. The minimum absolute atomic E-state index is 0.191. The van der Waals surface area contributed by atoms with E-state index in [4.69, 9.17) is 5.11 Å². The Kier molecular flexibility index (Phi) is 3.43. The highest BCUT2D eigenvalue weighted by Crippen LogP contribution is 2.32. The highest BCUT2D eigenvalue weighted by atomic mass is 16.4. The van der Waals surface area contributed by atoms with Crippen LogP contribution in [0.4, 0.5) is 0 Å². The molecule has 0 amide bonds. The first-order chi connectivity index (χ1) is 10.6. The fourth-order valence-electron chi connectivity index (χ4n) is 2.56. The number of phenolic OH excluding ortho intramolecular Hbond substituents is 1. The monoisotopic (exact) mass is 293 g/mol. The molecule has 22 heavy (non-hydrogen) atoms. The summed E-state index contributed by atoms with van der Waals surface area (Å²) in [6.45, 7) is 1.94. The number of hydrogen-bond acceptors (Lipinski definition) is 2. The van der Waals surface area contributed by atoms with Gasteiger partial charge in [-0.2, -0.15) is 0 Å². The average molecular weight is 293 g/mol. The van der Waals surface area contributed by atoms with E-state index in [0.29, 0.717) is 5.56 Å². The van der Waals surface area contributed by atoms with Crippen LogP contribution in [0.2, 0.25) is 0 Å². The Balaban J connectivity index is 2.21. The molecular weight excluding hydrogens is 278 g/mol. The minimum Gasteiger partial charge on any atom is -0.507 e. The molecule has 0 radical (unpaired) electrons. The van der Waals surface area contributed by atoms with Crippen LogP contribution >= 0.6 is 0 Å². The number of aromatic nitrogens is 1. The van der Waals surface area contributed by atoms with E-state index < -0.39 is 5.97 Å². The number of carboxylic acids is 1. The van der Waals surface area contributed by atoms with Crippen LogP contribution in [0.1, 0.15) is 16.1 Å². The summed E-state index contributed by atoms with van der Waals surface area (Å²) in [7, 11) is 0. The molecule has 2 N–H and O–H groups in total. The molecule has 1 heterocycles. The van der Waals surface area contributed by atoms with Gasteiger partial charge < -0.3 is 14.8 Å². The number of aromatic carboxylic acids is 1. The maximum atomic E-state index is 11.2. The van der Waals surface area contributed by atoms with Crippen molar-refractivity contribution in [2.24, 2.45) is 0 Å². The Labute approximate surface area is 127 Å². The predicted octanol–water partition coefficient (Wildman–Crippen LogP) is 3.86. The lowest BCUT2D eigenvalue weighted by Crippen LogP contribution is -2.02. The number of carboxylic acid groups (broad SMARTS) is 1. The van der Waals surface area contributed by atoms with Gasteiger partial charge in [0.1, 0.15) is 5.75 Å². The molecule has 0 fully saturated rings. The van der Waals surface area contributed by atoms with E-state index in [1.165, 1.54) is 0 Å². The van der Waals surface area contributed by atoms with Crippen LogP contribution in [0.5, 0.6) is 5.75 Å². The number of nitrogens with zero attached hydrogens (tertiary/aromatic N) is 1. The molecule has 0 saturated carbocycles. The van der Waals surface area contributed by atoms with Gasteiger partial charge in [-0.05, 0) is 49.4 Å². The van der Waals surface area contributed by atoms with E-state index in [1.807, 2.05) is 41.8 Å². The Hall–Kier alpha value is -3.01. The van der Waals surface area contributed by atoms with Crippen molar-refractivity contribution in [2.75, 3.05) is 0 Å². The number of benzene rings is 2. The van der Waals surface area contributed by atoms with Gasteiger partial charge in [0.2, 0.25) is 0 Å². The maximum Gasteiger partial charge on any atom is 0.335 e. The van der Waals surface area contributed by atoms with Gasteiger partial charge in [0.15, 0.2) is 0 Å². The van der Waals surface area contributed by atoms with Gasteiger partial charge in [-0.3, -0.25) is 0 Å². The van der Waals surface area contributed by atoms with Crippen molar-refractivity contribution >= 4 is 5.97 Å². The largest absolute Gasteiger partial charge is 0.507 e. The van der Waals surface area contributed by atoms with Crippen LogP contribution in [0.25, 0.3) is 16.9 Å². The van der Waals surface area contributed by atoms with Crippen LogP contribution < -0.4 is 0 Å². The summed E-state index contributed by atoms with van der Waals surface area (Å²) in [6, 6.07) is 17.7. The molecule has 4 nitrogen and oxygen atoms in total. The number of para-hydroxylation sites is 1. The molecule has 0 saturated heterocycles. The smallest absolute Gasteiger partial charge is 0.335 e. The lowest BCUT2D eigenvalue weighted by molar-refractivity contribution is 0.0697. The van der Waals surface area contributed by atoms with Crippen LogP contribution in [0.15, 0.2) is 60.7 Å². The van der Waals surface area contributed by atoms with Crippen LogP contribution in [0, 0.1) is 6.92 Å². The fourth-order valence-corrected chi connectivity index (χ4v) is 2.56. The van der Waals surface area contributed by atoms with E-state index in [2.05, 4.69) is 0 Å². The minimum atomic E-state index is -0.962. The summed E-state index contributed by atoms with van der Waals surface area (Å²) in [5, 5.41) is 19.2. The van der Waals surface area contributed by atoms with Gasteiger partial charge in [0, 0.05) is 16.9 Å². The van der Waals surface area contributed by atoms with E-state index in [-0.39, 0.29) is 11.3 Å². The van der Waals surface area contributed by atoms with E-state index in [0.717, 1.165) is 17.1 Å². The van der Waals surface area contributed by atoms with Gasteiger partial charge in [0.25, 0.3) is 0 Å².